The highest BCUT2D eigenvalue weighted by molar-refractivity contribution is 5.99. The number of pyridine rings is 1. The number of hydrogen-bond donors (Lipinski definition) is 2. The molecule has 6 nitrogen and oxygen atoms in total. The summed E-state index contributed by atoms with van der Waals surface area (Å²) >= 11 is 0. The molecule has 33 heavy (non-hydrogen) atoms. The van der Waals surface area contributed by atoms with Gasteiger partial charge in [-0.25, -0.2) is 9.37 Å². The van der Waals surface area contributed by atoms with Crippen LogP contribution in [0.1, 0.15) is 16.8 Å². The third-order valence-corrected chi connectivity index (χ3v) is 5.66. The SMILES string of the molecule is Cc1[nH]c2ccc(F)cc2c1CC(=O)N[C@@H](Cc1ccccc1)C(=O)N(C)c1ccccn1. The number of anilines is 1. The van der Waals surface area contributed by atoms with Gasteiger partial charge in [-0.3, -0.25) is 14.5 Å². The first-order valence-electron chi connectivity index (χ1n) is 10.7. The predicted octanol–water partition coefficient (Wildman–Crippen LogP) is 3.94. The van der Waals surface area contributed by atoms with E-state index in [1.165, 1.54) is 17.0 Å². The van der Waals surface area contributed by atoms with Gasteiger partial charge in [0.2, 0.25) is 5.91 Å². The fourth-order valence-corrected chi connectivity index (χ4v) is 3.94. The number of aryl methyl sites for hydroxylation is 1. The lowest BCUT2D eigenvalue weighted by Crippen LogP contribution is -2.49. The van der Waals surface area contributed by atoms with Crippen molar-refractivity contribution in [3.05, 3.63) is 95.6 Å². The third-order valence-electron chi connectivity index (χ3n) is 5.66. The average Bonchev–Trinajstić information content (AvgIpc) is 3.13. The minimum atomic E-state index is -0.783. The van der Waals surface area contributed by atoms with Gasteiger partial charge in [0.05, 0.1) is 6.42 Å². The maximum absolute atomic E-state index is 13.8. The van der Waals surface area contributed by atoms with Crippen molar-refractivity contribution < 1.29 is 14.0 Å². The lowest BCUT2D eigenvalue weighted by molar-refractivity contribution is -0.127. The van der Waals surface area contributed by atoms with E-state index in [0.29, 0.717) is 23.2 Å². The Hall–Kier alpha value is -4.00. The van der Waals surface area contributed by atoms with Gasteiger partial charge < -0.3 is 10.3 Å². The van der Waals surface area contributed by atoms with Gasteiger partial charge >= 0.3 is 0 Å². The number of carbonyl (C=O) groups excluding carboxylic acids is 2. The zero-order valence-corrected chi connectivity index (χ0v) is 18.5. The summed E-state index contributed by atoms with van der Waals surface area (Å²) in [5, 5.41) is 3.56. The largest absolute Gasteiger partial charge is 0.358 e. The van der Waals surface area contributed by atoms with Gasteiger partial charge in [-0.15, -0.1) is 0 Å². The second-order valence-electron chi connectivity index (χ2n) is 7.99. The van der Waals surface area contributed by atoms with Crippen LogP contribution in [-0.2, 0) is 22.4 Å². The molecule has 2 aromatic carbocycles. The van der Waals surface area contributed by atoms with Crippen molar-refractivity contribution in [2.75, 3.05) is 11.9 Å². The van der Waals surface area contributed by atoms with Gasteiger partial charge in [0.1, 0.15) is 17.7 Å². The Labute approximate surface area is 191 Å². The molecule has 0 radical (unpaired) electrons. The van der Waals surface area contributed by atoms with Gasteiger partial charge in [-0.1, -0.05) is 36.4 Å². The Balaban J connectivity index is 1.57. The van der Waals surface area contributed by atoms with Crippen molar-refractivity contribution >= 4 is 28.5 Å². The number of aromatic nitrogens is 2. The second kappa shape index (κ2) is 9.65. The van der Waals surface area contributed by atoms with E-state index in [4.69, 9.17) is 0 Å². The molecule has 2 amide bonds. The number of amides is 2. The number of halogens is 1. The van der Waals surface area contributed by atoms with Crippen LogP contribution in [0.3, 0.4) is 0 Å². The summed E-state index contributed by atoms with van der Waals surface area (Å²) in [4.78, 5) is 35.2. The minimum absolute atomic E-state index is 0.0289. The maximum atomic E-state index is 13.8. The van der Waals surface area contributed by atoms with Gasteiger partial charge in [0, 0.05) is 36.3 Å². The number of fused-ring (bicyclic) bond motifs is 1. The Morgan fingerprint density at radius 3 is 2.58 bits per heavy atom. The smallest absolute Gasteiger partial charge is 0.250 e. The van der Waals surface area contributed by atoms with Crippen LogP contribution in [0, 0.1) is 12.7 Å². The molecule has 0 saturated carbocycles. The fourth-order valence-electron chi connectivity index (χ4n) is 3.94. The molecular formula is C26H25FN4O2. The van der Waals surface area contributed by atoms with Crippen LogP contribution in [-0.4, -0.2) is 34.9 Å². The number of hydrogen-bond acceptors (Lipinski definition) is 3. The van der Waals surface area contributed by atoms with Gasteiger partial charge in [0.25, 0.3) is 5.91 Å². The van der Waals surface area contributed by atoms with Crippen molar-refractivity contribution in [2.45, 2.75) is 25.8 Å². The summed E-state index contributed by atoms with van der Waals surface area (Å²) < 4.78 is 13.8. The van der Waals surface area contributed by atoms with Crippen LogP contribution in [0.5, 0.6) is 0 Å². The molecule has 2 N–H and O–H groups in total. The summed E-state index contributed by atoms with van der Waals surface area (Å²) in [5.74, 6) is -0.449. The van der Waals surface area contributed by atoms with E-state index in [1.807, 2.05) is 37.3 Å². The number of nitrogens with one attached hydrogen (secondary N) is 2. The van der Waals surface area contributed by atoms with E-state index in [2.05, 4.69) is 15.3 Å². The molecule has 2 aromatic heterocycles. The van der Waals surface area contributed by atoms with E-state index in [-0.39, 0.29) is 24.1 Å². The number of likely N-dealkylation sites (N-methyl/N-ethyl adjacent to an activating group) is 1. The Kier molecular flexibility index (Phi) is 6.49. The number of benzene rings is 2. The highest BCUT2D eigenvalue weighted by Crippen LogP contribution is 2.23. The Morgan fingerprint density at radius 2 is 1.85 bits per heavy atom. The Bertz CT molecular complexity index is 1270. The molecule has 0 saturated heterocycles. The normalized spacial score (nSPS) is 11.8. The maximum Gasteiger partial charge on any atom is 0.250 e. The molecule has 168 valence electrons. The van der Waals surface area contributed by atoms with Crippen LogP contribution >= 0.6 is 0 Å². The number of rotatable bonds is 7. The molecule has 1 atom stereocenters. The van der Waals surface area contributed by atoms with Gasteiger partial charge in [-0.2, -0.15) is 0 Å². The van der Waals surface area contributed by atoms with Crippen LogP contribution in [0.15, 0.2) is 72.9 Å². The lowest BCUT2D eigenvalue weighted by Gasteiger charge is -2.24. The monoisotopic (exact) mass is 444 g/mol. The summed E-state index contributed by atoms with van der Waals surface area (Å²) in [5.41, 5.74) is 3.20. The van der Waals surface area contributed by atoms with Crippen molar-refractivity contribution in [1.29, 1.82) is 0 Å². The summed E-state index contributed by atoms with van der Waals surface area (Å²) in [7, 11) is 1.64. The van der Waals surface area contributed by atoms with E-state index >= 15 is 0 Å². The first kappa shape index (κ1) is 22.2. The standard InChI is InChI=1S/C26H25FN4O2/c1-17-20(21-15-19(27)11-12-22(21)29-17)16-25(32)30-23(14-18-8-4-3-5-9-18)26(33)31(2)24-10-6-7-13-28-24/h3-13,15,23,29H,14,16H2,1-2H3,(H,30,32)/t23-/m0/s1. The summed E-state index contributed by atoms with van der Waals surface area (Å²) in [6.07, 6.45) is 1.98. The molecule has 7 heteroatoms. The quantitative estimate of drug-likeness (QED) is 0.453. The molecule has 0 aliphatic rings. The number of nitrogens with zero attached hydrogens (tertiary/aromatic N) is 2. The molecule has 4 aromatic rings. The number of H-pyrrole nitrogens is 1. The highest BCUT2D eigenvalue weighted by Gasteiger charge is 2.26. The lowest BCUT2D eigenvalue weighted by atomic mass is 10.0. The third kappa shape index (κ3) is 5.09. The van der Waals surface area contributed by atoms with Crippen molar-refractivity contribution in [3.63, 3.8) is 0 Å². The molecular weight excluding hydrogens is 419 g/mol. The summed E-state index contributed by atoms with van der Waals surface area (Å²) in [6.45, 7) is 1.85. The molecule has 4 rings (SSSR count). The van der Waals surface area contributed by atoms with Crippen molar-refractivity contribution in [3.8, 4) is 0 Å². The zero-order chi connectivity index (χ0) is 23.4. The molecule has 0 aliphatic carbocycles. The minimum Gasteiger partial charge on any atom is -0.358 e. The molecule has 2 heterocycles. The van der Waals surface area contributed by atoms with Crippen LogP contribution in [0.2, 0.25) is 0 Å². The van der Waals surface area contributed by atoms with E-state index in [9.17, 15) is 14.0 Å². The fraction of sp³-hybridized carbons (Fsp3) is 0.192. The van der Waals surface area contributed by atoms with E-state index in [1.54, 1.807) is 37.5 Å². The first-order chi connectivity index (χ1) is 15.9. The molecule has 0 fully saturated rings. The van der Waals surface area contributed by atoms with Crippen molar-refractivity contribution in [2.24, 2.45) is 0 Å². The van der Waals surface area contributed by atoms with E-state index in [0.717, 1.165) is 16.8 Å². The topological polar surface area (TPSA) is 78.1 Å². The van der Waals surface area contributed by atoms with Crippen LogP contribution in [0.4, 0.5) is 10.2 Å². The number of aromatic amines is 1. The predicted molar refractivity (Wildman–Crippen MR) is 126 cm³/mol. The molecule has 0 unspecified atom stereocenters. The van der Waals surface area contributed by atoms with Gasteiger partial charge in [0.15, 0.2) is 0 Å². The molecule has 0 spiro atoms. The molecule has 0 aliphatic heterocycles. The highest BCUT2D eigenvalue weighted by atomic mass is 19.1. The Morgan fingerprint density at radius 1 is 1.09 bits per heavy atom. The van der Waals surface area contributed by atoms with Crippen LogP contribution in [0.25, 0.3) is 10.9 Å². The average molecular weight is 445 g/mol. The van der Waals surface area contributed by atoms with Crippen molar-refractivity contribution in [1.82, 2.24) is 15.3 Å². The zero-order valence-electron chi connectivity index (χ0n) is 18.5. The first-order valence-corrected chi connectivity index (χ1v) is 10.7. The van der Waals surface area contributed by atoms with Crippen LogP contribution < -0.4 is 10.2 Å². The second-order valence-corrected chi connectivity index (χ2v) is 7.99. The molecule has 0 bridgehead atoms. The number of carbonyl (C=O) groups is 2. The summed E-state index contributed by atoms with van der Waals surface area (Å²) in [6, 6.07) is 18.5. The van der Waals surface area contributed by atoms with E-state index < -0.39 is 6.04 Å². The van der Waals surface area contributed by atoms with Gasteiger partial charge in [-0.05, 0) is 48.4 Å².